The Morgan fingerprint density at radius 2 is 2.17 bits per heavy atom. The van der Waals surface area contributed by atoms with Gasteiger partial charge in [-0.25, -0.2) is 9.48 Å². The maximum Gasteiger partial charge on any atom is 0.319 e. The van der Waals surface area contributed by atoms with E-state index in [1.54, 1.807) is 16.9 Å². The fourth-order valence-corrected chi connectivity index (χ4v) is 3.32. The van der Waals surface area contributed by atoms with E-state index in [1.165, 1.54) is 19.3 Å². The molecule has 3 rings (SSSR count). The second kappa shape index (κ2) is 7.04. The van der Waals surface area contributed by atoms with Crippen LogP contribution in [0, 0.1) is 5.92 Å². The second-order valence-electron chi connectivity index (χ2n) is 6.08. The minimum absolute atomic E-state index is 0.174. The number of nitrogens with one attached hydrogen (secondary N) is 2. The standard InChI is InChI=1S/C17H21ClN4O/c1-12-5-2-3-6-15(12)21-17(23)20-13-7-8-16(14(18)11-13)22-10-4-9-19-22/h4,7-12,15H,2-3,5-6H2,1H3,(H2,20,21,23). The Morgan fingerprint density at radius 1 is 1.35 bits per heavy atom. The van der Waals surface area contributed by atoms with Crippen LogP contribution in [0.2, 0.25) is 5.02 Å². The molecule has 0 bridgehead atoms. The van der Waals surface area contributed by atoms with Crippen molar-refractivity contribution < 1.29 is 4.79 Å². The van der Waals surface area contributed by atoms with Gasteiger partial charge in [-0.15, -0.1) is 0 Å². The number of hydrogen-bond donors (Lipinski definition) is 2. The summed E-state index contributed by atoms with van der Waals surface area (Å²) in [6.07, 6.45) is 8.18. The fraction of sp³-hybridized carbons (Fsp3) is 0.412. The lowest BCUT2D eigenvalue weighted by atomic mass is 9.86. The van der Waals surface area contributed by atoms with Crippen LogP contribution in [0.5, 0.6) is 0 Å². The quantitative estimate of drug-likeness (QED) is 0.883. The highest BCUT2D eigenvalue weighted by molar-refractivity contribution is 6.32. The van der Waals surface area contributed by atoms with Crippen LogP contribution in [0.1, 0.15) is 32.6 Å². The van der Waals surface area contributed by atoms with Crippen LogP contribution in [-0.2, 0) is 0 Å². The van der Waals surface area contributed by atoms with Gasteiger partial charge in [-0.1, -0.05) is 31.4 Å². The van der Waals surface area contributed by atoms with Gasteiger partial charge >= 0.3 is 6.03 Å². The molecule has 2 atom stereocenters. The normalized spacial score (nSPS) is 21.0. The number of aromatic nitrogens is 2. The molecule has 2 amide bonds. The Balaban J connectivity index is 1.63. The van der Waals surface area contributed by atoms with Gasteiger partial charge in [0.15, 0.2) is 0 Å². The molecule has 6 heteroatoms. The molecule has 1 aromatic heterocycles. The van der Waals surface area contributed by atoms with Gasteiger partial charge < -0.3 is 10.6 Å². The number of nitrogens with zero attached hydrogens (tertiary/aromatic N) is 2. The van der Waals surface area contributed by atoms with Crippen LogP contribution < -0.4 is 10.6 Å². The minimum atomic E-state index is -0.174. The van der Waals surface area contributed by atoms with E-state index in [4.69, 9.17) is 11.6 Å². The molecular formula is C17H21ClN4O. The smallest absolute Gasteiger partial charge is 0.319 e. The molecule has 1 fully saturated rings. The van der Waals surface area contributed by atoms with Crippen molar-refractivity contribution in [2.24, 2.45) is 5.92 Å². The van der Waals surface area contributed by atoms with Gasteiger partial charge in [0.25, 0.3) is 0 Å². The molecular weight excluding hydrogens is 312 g/mol. The van der Waals surface area contributed by atoms with Crippen molar-refractivity contribution in [3.8, 4) is 5.69 Å². The van der Waals surface area contributed by atoms with Crippen molar-refractivity contribution in [1.29, 1.82) is 0 Å². The highest BCUT2D eigenvalue weighted by Gasteiger charge is 2.22. The van der Waals surface area contributed by atoms with E-state index in [9.17, 15) is 4.79 Å². The summed E-state index contributed by atoms with van der Waals surface area (Å²) in [5, 5.41) is 10.6. The van der Waals surface area contributed by atoms with E-state index in [-0.39, 0.29) is 12.1 Å². The lowest BCUT2D eigenvalue weighted by Gasteiger charge is -2.29. The van der Waals surface area contributed by atoms with Crippen molar-refractivity contribution >= 4 is 23.3 Å². The summed E-state index contributed by atoms with van der Waals surface area (Å²) in [6, 6.07) is 7.32. The number of halogens is 1. The molecule has 1 heterocycles. The number of amides is 2. The summed E-state index contributed by atoms with van der Waals surface area (Å²) in [5.74, 6) is 0.528. The van der Waals surface area contributed by atoms with Crippen LogP contribution in [-0.4, -0.2) is 21.9 Å². The molecule has 0 radical (unpaired) electrons. The molecule has 0 saturated heterocycles. The molecule has 1 aliphatic carbocycles. The topological polar surface area (TPSA) is 59.0 Å². The lowest BCUT2D eigenvalue weighted by Crippen LogP contribution is -2.43. The summed E-state index contributed by atoms with van der Waals surface area (Å²) in [5.41, 5.74) is 1.45. The Labute approximate surface area is 141 Å². The zero-order valence-corrected chi connectivity index (χ0v) is 13.9. The molecule has 1 aliphatic rings. The summed E-state index contributed by atoms with van der Waals surface area (Å²) < 4.78 is 1.69. The maximum absolute atomic E-state index is 12.2. The zero-order chi connectivity index (χ0) is 16.2. The number of rotatable bonds is 3. The lowest BCUT2D eigenvalue weighted by molar-refractivity contribution is 0.232. The second-order valence-corrected chi connectivity index (χ2v) is 6.49. The monoisotopic (exact) mass is 332 g/mol. The summed E-state index contributed by atoms with van der Waals surface area (Å²) in [7, 11) is 0. The van der Waals surface area contributed by atoms with Gasteiger partial charge in [-0.05, 0) is 43.0 Å². The average Bonchev–Trinajstić information content (AvgIpc) is 3.04. The first-order valence-electron chi connectivity index (χ1n) is 8.00. The Hall–Kier alpha value is -2.01. The number of carbonyl (C=O) groups is 1. The van der Waals surface area contributed by atoms with Crippen LogP contribution in [0.15, 0.2) is 36.7 Å². The molecule has 1 aromatic carbocycles. The zero-order valence-electron chi connectivity index (χ0n) is 13.1. The Bertz CT molecular complexity index is 671. The predicted octanol–water partition coefficient (Wildman–Crippen LogP) is 4.23. The molecule has 0 aliphatic heterocycles. The van der Waals surface area contributed by atoms with E-state index in [0.717, 1.165) is 12.1 Å². The average molecular weight is 333 g/mol. The highest BCUT2D eigenvalue weighted by atomic mass is 35.5. The third kappa shape index (κ3) is 3.85. The maximum atomic E-state index is 12.2. The van der Waals surface area contributed by atoms with Crippen molar-refractivity contribution in [2.45, 2.75) is 38.6 Å². The van der Waals surface area contributed by atoms with Gasteiger partial charge in [0.1, 0.15) is 0 Å². The third-order valence-electron chi connectivity index (χ3n) is 4.38. The minimum Gasteiger partial charge on any atom is -0.335 e. The number of carbonyl (C=O) groups excluding carboxylic acids is 1. The molecule has 122 valence electrons. The molecule has 23 heavy (non-hydrogen) atoms. The van der Waals surface area contributed by atoms with Gasteiger partial charge in [-0.3, -0.25) is 0 Å². The van der Waals surface area contributed by atoms with Gasteiger partial charge in [0, 0.05) is 24.1 Å². The highest BCUT2D eigenvalue weighted by Crippen LogP contribution is 2.25. The van der Waals surface area contributed by atoms with Crippen LogP contribution >= 0.6 is 11.6 Å². The molecule has 2 unspecified atom stereocenters. The Kier molecular flexibility index (Phi) is 4.86. The first-order chi connectivity index (χ1) is 11.1. The fourth-order valence-electron chi connectivity index (χ4n) is 3.05. The Morgan fingerprint density at radius 3 is 2.87 bits per heavy atom. The van der Waals surface area contributed by atoms with Crippen molar-refractivity contribution in [1.82, 2.24) is 15.1 Å². The molecule has 0 spiro atoms. The molecule has 1 saturated carbocycles. The van der Waals surface area contributed by atoms with Crippen LogP contribution in [0.4, 0.5) is 10.5 Å². The van der Waals surface area contributed by atoms with Crippen molar-refractivity contribution in [3.63, 3.8) is 0 Å². The summed E-state index contributed by atoms with van der Waals surface area (Å²) in [4.78, 5) is 12.2. The molecule has 2 aromatic rings. The molecule has 2 N–H and O–H groups in total. The first-order valence-corrected chi connectivity index (χ1v) is 8.38. The number of anilines is 1. The third-order valence-corrected chi connectivity index (χ3v) is 4.69. The van der Waals surface area contributed by atoms with E-state index >= 15 is 0 Å². The first kappa shape index (κ1) is 15.9. The number of benzene rings is 1. The van der Waals surface area contributed by atoms with E-state index < -0.39 is 0 Å². The largest absolute Gasteiger partial charge is 0.335 e. The van der Waals surface area contributed by atoms with E-state index in [2.05, 4.69) is 22.7 Å². The van der Waals surface area contributed by atoms with E-state index in [0.29, 0.717) is 16.6 Å². The van der Waals surface area contributed by atoms with Crippen molar-refractivity contribution in [2.75, 3.05) is 5.32 Å². The van der Waals surface area contributed by atoms with Crippen LogP contribution in [0.25, 0.3) is 5.69 Å². The van der Waals surface area contributed by atoms with Gasteiger partial charge in [-0.2, -0.15) is 5.10 Å². The summed E-state index contributed by atoms with van der Waals surface area (Å²) >= 11 is 6.29. The SMILES string of the molecule is CC1CCCCC1NC(=O)Nc1ccc(-n2cccn2)c(Cl)c1. The van der Waals surface area contributed by atoms with Crippen LogP contribution in [0.3, 0.4) is 0 Å². The predicted molar refractivity (Wildman–Crippen MR) is 92.1 cm³/mol. The number of urea groups is 1. The van der Waals surface area contributed by atoms with Crippen molar-refractivity contribution in [3.05, 3.63) is 41.7 Å². The van der Waals surface area contributed by atoms with E-state index in [1.807, 2.05) is 24.4 Å². The number of hydrogen-bond acceptors (Lipinski definition) is 2. The molecule has 5 nitrogen and oxygen atoms in total. The van der Waals surface area contributed by atoms with Gasteiger partial charge in [0.2, 0.25) is 0 Å². The van der Waals surface area contributed by atoms with Gasteiger partial charge in [0.05, 0.1) is 10.7 Å². The summed E-state index contributed by atoms with van der Waals surface area (Å²) in [6.45, 7) is 2.19.